The highest BCUT2D eigenvalue weighted by Gasteiger charge is 2.22. The molecular weight excluding hydrogens is 438 g/mol. The van der Waals surface area contributed by atoms with Crippen LogP contribution in [-0.4, -0.2) is 32.7 Å². The number of rotatable bonds is 8. The Labute approximate surface area is 186 Å². The van der Waals surface area contributed by atoms with Gasteiger partial charge < -0.3 is 4.57 Å². The third-order valence-corrected chi connectivity index (χ3v) is 6.53. The zero-order valence-electron chi connectivity index (χ0n) is 16.8. The highest BCUT2D eigenvalue weighted by atomic mass is 32.2. The van der Waals surface area contributed by atoms with Crippen molar-refractivity contribution in [3.05, 3.63) is 72.3 Å². The van der Waals surface area contributed by atoms with Crippen LogP contribution >= 0.6 is 23.1 Å². The van der Waals surface area contributed by atoms with Crippen molar-refractivity contribution in [2.45, 2.75) is 24.8 Å². The van der Waals surface area contributed by atoms with E-state index < -0.39 is 11.6 Å². The summed E-state index contributed by atoms with van der Waals surface area (Å²) in [5.74, 6) is -0.717. The van der Waals surface area contributed by atoms with E-state index >= 15 is 0 Å². The van der Waals surface area contributed by atoms with Crippen molar-refractivity contribution in [1.29, 1.82) is 0 Å². The average molecular weight is 459 g/mol. The van der Waals surface area contributed by atoms with E-state index in [1.54, 1.807) is 35.3 Å². The van der Waals surface area contributed by atoms with Gasteiger partial charge in [-0.2, -0.15) is 0 Å². The van der Waals surface area contributed by atoms with Gasteiger partial charge in [0, 0.05) is 42.0 Å². The highest BCUT2D eigenvalue weighted by molar-refractivity contribution is 7.99. The Balaban J connectivity index is 1.66. The molecule has 0 aliphatic rings. The molecule has 160 valence electrons. The van der Waals surface area contributed by atoms with E-state index in [2.05, 4.69) is 16.9 Å². The van der Waals surface area contributed by atoms with Crippen LogP contribution < -0.4 is 4.90 Å². The Hall–Kier alpha value is -2.78. The van der Waals surface area contributed by atoms with Crippen molar-refractivity contribution in [1.82, 2.24) is 14.5 Å². The van der Waals surface area contributed by atoms with Gasteiger partial charge in [0.05, 0.1) is 11.0 Å². The first-order valence-corrected chi connectivity index (χ1v) is 11.6. The molecule has 31 heavy (non-hydrogen) atoms. The minimum absolute atomic E-state index is 0.0732. The summed E-state index contributed by atoms with van der Waals surface area (Å²) in [5.41, 5.74) is 0.607. The molecule has 0 fully saturated rings. The van der Waals surface area contributed by atoms with E-state index in [1.807, 2.05) is 29.0 Å². The second-order valence-corrected chi connectivity index (χ2v) is 9.15. The fraction of sp³-hybridized carbons (Fsp3) is 0.227. The van der Waals surface area contributed by atoms with Gasteiger partial charge in [-0.3, -0.25) is 9.69 Å². The van der Waals surface area contributed by atoms with Crippen molar-refractivity contribution in [2.75, 3.05) is 17.2 Å². The molecule has 2 aromatic carbocycles. The molecule has 0 saturated carbocycles. The molecule has 0 bridgehead atoms. The van der Waals surface area contributed by atoms with Gasteiger partial charge in [0.15, 0.2) is 10.9 Å². The first-order chi connectivity index (χ1) is 15.0. The van der Waals surface area contributed by atoms with Gasteiger partial charge in [0.2, 0.25) is 0 Å². The number of thiazole rings is 1. The number of nitrogens with zero attached hydrogens (tertiary/aromatic N) is 4. The Bertz CT molecular complexity index is 1190. The molecule has 0 radical (unpaired) electrons. The van der Waals surface area contributed by atoms with E-state index in [-0.39, 0.29) is 11.4 Å². The first-order valence-electron chi connectivity index (χ1n) is 9.81. The van der Waals surface area contributed by atoms with Gasteiger partial charge in [-0.15, -0.1) is 11.8 Å². The molecule has 0 N–H and O–H groups in total. The number of imidazole rings is 1. The number of carbonyl (C=O) groups is 1. The van der Waals surface area contributed by atoms with Crippen LogP contribution in [0.5, 0.6) is 0 Å². The van der Waals surface area contributed by atoms with Crippen LogP contribution in [-0.2, 0) is 6.54 Å². The number of hydrogen-bond acceptors (Lipinski definition) is 5. The van der Waals surface area contributed by atoms with Gasteiger partial charge in [-0.25, -0.2) is 18.7 Å². The molecule has 0 aliphatic heterocycles. The molecule has 0 aliphatic carbocycles. The maximum atomic E-state index is 14.2. The maximum Gasteiger partial charge on any atom is 0.260 e. The number of thioether (sulfide) groups is 1. The summed E-state index contributed by atoms with van der Waals surface area (Å²) in [6.45, 7) is 3.10. The number of benzene rings is 2. The Morgan fingerprint density at radius 1 is 1.26 bits per heavy atom. The van der Waals surface area contributed by atoms with E-state index in [0.717, 1.165) is 28.1 Å². The van der Waals surface area contributed by atoms with Gasteiger partial charge in [0.1, 0.15) is 11.3 Å². The summed E-state index contributed by atoms with van der Waals surface area (Å²) in [4.78, 5) is 24.3. The lowest BCUT2D eigenvalue weighted by Crippen LogP contribution is -2.32. The predicted octanol–water partition coefficient (Wildman–Crippen LogP) is 5.62. The van der Waals surface area contributed by atoms with Crippen molar-refractivity contribution in [3.8, 4) is 0 Å². The third kappa shape index (κ3) is 4.94. The quantitative estimate of drug-likeness (QED) is 0.322. The number of carbonyl (C=O) groups excluding carboxylic acids is 1. The van der Waals surface area contributed by atoms with Crippen LogP contribution in [0.25, 0.3) is 10.2 Å². The maximum absolute atomic E-state index is 14.2. The minimum Gasteiger partial charge on any atom is -0.337 e. The number of hydrogen-bond donors (Lipinski definition) is 0. The third-order valence-electron chi connectivity index (χ3n) is 4.63. The van der Waals surface area contributed by atoms with E-state index in [9.17, 15) is 13.6 Å². The fourth-order valence-electron chi connectivity index (χ4n) is 3.22. The monoisotopic (exact) mass is 458 g/mol. The highest BCUT2D eigenvalue weighted by Crippen LogP contribution is 2.32. The van der Waals surface area contributed by atoms with Crippen LogP contribution in [0.15, 0.2) is 60.0 Å². The lowest BCUT2D eigenvalue weighted by Gasteiger charge is -2.20. The normalized spacial score (nSPS) is 11.2. The summed E-state index contributed by atoms with van der Waals surface area (Å²) in [5, 5.41) is 0.351. The summed E-state index contributed by atoms with van der Waals surface area (Å²) in [6, 6.07) is 9.48. The molecule has 9 heteroatoms. The molecule has 0 atom stereocenters. The largest absolute Gasteiger partial charge is 0.337 e. The van der Waals surface area contributed by atoms with E-state index in [0.29, 0.717) is 34.9 Å². The number of aryl methyl sites for hydroxylation is 1. The number of aromatic nitrogens is 3. The first kappa shape index (κ1) is 21.5. The number of fused-ring (bicyclic) bond motifs is 1. The van der Waals surface area contributed by atoms with E-state index in [4.69, 9.17) is 0 Å². The lowest BCUT2D eigenvalue weighted by atomic mass is 10.2. The number of amides is 1. The van der Waals surface area contributed by atoms with Gasteiger partial charge in [-0.05, 0) is 36.4 Å². The Morgan fingerprint density at radius 2 is 2.13 bits per heavy atom. The SMILES string of the molecule is CCSc1cccc(C(=O)N(CCCn2ccnc2)c2nc3c(F)cc(F)cc3s2)c1. The Kier molecular flexibility index (Phi) is 6.62. The second kappa shape index (κ2) is 9.57. The van der Waals surface area contributed by atoms with Crippen molar-refractivity contribution < 1.29 is 13.6 Å². The van der Waals surface area contributed by atoms with Gasteiger partial charge in [-0.1, -0.05) is 24.3 Å². The standard InChI is InChI=1S/C22H20F2N4OS2/c1-2-30-17-6-3-5-15(11-17)21(29)28(9-4-8-27-10-7-25-14-27)22-26-20-18(24)12-16(23)13-19(20)31-22/h3,5-7,10-14H,2,4,8-9H2,1H3. The van der Waals surface area contributed by atoms with Crippen molar-refractivity contribution in [2.24, 2.45) is 0 Å². The zero-order chi connectivity index (χ0) is 21.8. The summed E-state index contributed by atoms with van der Waals surface area (Å²) < 4.78 is 30.2. The molecule has 5 nitrogen and oxygen atoms in total. The van der Waals surface area contributed by atoms with Crippen LogP contribution in [0.2, 0.25) is 0 Å². The van der Waals surface area contributed by atoms with E-state index in [1.165, 1.54) is 6.07 Å². The predicted molar refractivity (Wildman–Crippen MR) is 121 cm³/mol. The Morgan fingerprint density at radius 3 is 2.90 bits per heavy atom. The summed E-state index contributed by atoms with van der Waals surface area (Å²) in [6.07, 6.45) is 5.92. The molecule has 4 rings (SSSR count). The summed E-state index contributed by atoms with van der Waals surface area (Å²) >= 11 is 2.76. The number of anilines is 1. The summed E-state index contributed by atoms with van der Waals surface area (Å²) in [7, 11) is 0. The smallest absolute Gasteiger partial charge is 0.260 e. The second-order valence-electron chi connectivity index (χ2n) is 6.80. The minimum atomic E-state index is -0.732. The van der Waals surface area contributed by atoms with Crippen LogP contribution in [0.3, 0.4) is 0 Å². The molecule has 0 unspecified atom stereocenters. The van der Waals surface area contributed by atoms with Crippen molar-refractivity contribution >= 4 is 44.4 Å². The molecule has 0 spiro atoms. The van der Waals surface area contributed by atoms with Gasteiger partial charge >= 0.3 is 0 Å². The molecule has 2 heterocycles. The average Bonchev–Trinajstić information content (AvgIpc) is 3.41. The topological polar surface area (TPSA) is 51.0 Å². The van der Waals surface area contributed by atoms with Crippen LogP contribution in [0, 0.1) is 11.6 Å². The van der Waals surface area contributed by atoms with Crippen LogP contribution in [0.4, 0.5) is 13.9 Å². The number of halogens is 2. The lowest BCUT2D eigenvalue weighted by molar-refractivity contribution is 0.0986. The molecule has 1 amide bonds. The molecular formula is C22H20F2N4OS2. The van der Waals surface area contributed by atoms with Crippen molar-refractivity contribution in [3.63, 3.8) is 0 Å². The molecule has 0 saturated heterocycles. The fourth-order valence-corrected chi connectivity index (χ4v) is 4.96. The van der Waals surface area contributed by atoms with Crippen LogP contribution in [0.1, 0.15) is 23.7 Å². The molecule has 2 aromatic heterocycles. The van der Waals surface area contributed by atoms with Gasteiger partial charge in [0.25, 0.3) is 5.91 Å². The zero-order valence-corrected chi connectivity index (χ0v) is 18.4. The molecule has 4 aromatic rings.